The number of ether oxygens (including phenoxy) is 2. The Morgan fingerprint density at radius 2 is 1.97 bits per heavy atom. The van der Waals surface area contributed by atoms with Crippen LogP contribution in [0.1, 0.15) is 18.4 Å². The predicted octanol–water partition coefficient (Wildman–Crippen LogP) is 1.78. The third kappa shape index (κ3) is 5.09. The molecular formula is C19H26N8O3S. The van der Waals surface area contributed by atoms with Gasteiger partial charge < -0.3 is 30.4 Å². The molecule has 4 rings (SSSR count). The van der Waals surface area contributed by atoms with E-state index >= 15 is 0 Å². The van der Waals surface area contributed by atoms with Gasteiger partial charge in [-0.05, 0) is 12.8 Å². The lowest BCUT2D eigenvalue weighted by Gasteiger charge is -2.29. The van der Waals surface area contributed by atoms with Crippen molar-refractivity contribution < 1.29 is 14.3 Å². The normalized spacial score (nSPS) is 17.3. The van der Waals surface area contributed by atoms with Crippen molar-refractivity contribution in [2.45, 2.75) is 18.9 Å². The zero-order chi connectivity index (χ0) is 21.6. The van der Waals surface area contributed by atoms with Gasteiger partial charge >= 0.3 is 6.03 Å². The second kappa shape index (κ2) is 9.98. The standard InChI is InChI=1S/C19H26N8O3S/c1-21-18(28)26-19-22-11-14(31-19)15-13(10-20)16(23-12-2-6-29-7-3-12)25-17(24-15)27-4-8-30-9-5-27/h10-12,20H,2-9H2,1H3,(H,23,24,25)(H2,21,22,26,28). The molecule has 0 atom stereocenters. The summed E-state index contributed by atoms with van der Waals surface area (Å²) in [6.45, 7) is 4.05. The second-order valence-corrected chi connectivity index (χ2v) is 8.17. The van der Waals surface area contributed by atoms with Gasteiger partial charge in [-0.15, -0.1) is 0 Å². The summed E-state index contributed by atoms with van der Waals surface area (Å²) in [6, 6.07) is -0.119. The van der Waals surface area contributed by atoms with Crippen LogP contribution in [0.4, 0.5) is 21.7 Å². The first kappa shape index (κ1) is 21.4. The molecule has 4 N–H and O–H groups in total. The van der Waals surface area contributed by atoms with E-state index in [9.17, 15) is 4.79 Å². The number of nitrogens with one attached hydrogen (secondary N) is 4. The topological polar surface area (TPSA) is 137 Å². The summed E-state index contributed by atoms with van der Waals surface area (Å²) in [5.74, 6) is 1.22. The maximum atomic E-state index is 11.6. The van der Waals surface area contributed by atoms with Crippen LogP contribution in [0.5, 0.6) is 0 Å². The van der Waals surface area contributed by atoms with E-state index in [0.717, 1.165) is 17.7 Å². The van der Waals surface area contributed by atoms with Gasteiger partial charge in [0.15, 0.2) is 5.13 Å². The number of hydrogen-bond acceptors (Lipinski definition) is 10. The molecule has 0 saturated carbocycles. The van der Waals surface area contributed by atoms with Crippen molar-refractivity contribution in [2.24, 2.45) is 0 Å². The van der Waals surface area contributed by atoms with Crippen LogP contribution in [0.25, 0.3) is 10.6 Å². The number of amides is 2. The molecule has 0 bridgehead atoms. The Morgan fingerprint density at radius 1 is 1.23 bits per heavy atom. The summed E-state index contributed by atoms with van der Waals surface area (Å²) in [5.41, 5.74) is 1.21. The number of nitrogens with zero attached hydrogens (tertiary/aromatic N) is 4. The molecule has 0 aromatic carbocycles. The molecule has 31 heavy (non-hydrogen) atoms. The summed E-state index contributed by atoms with van der Waals surface area (Å²) in [7, 11) is 1.55. The molecule has 12 heteroatoms. The SMILES string of the molecule is CNC(=O)Nc1ncc(-c2nc(N3CCOCC3)nc(NC3CCOCC3)c2C=N)s1. The first-order chi connectivity index (χ1) is 15.2. The maximum Gasteiger partial charge on any atom is 0.320 e. The second-order valence-electron chi connectivity index (χ2n) is 7.14. The molecule has 166 valence electrons. The van der Waals surface area contributed by atoms with E-state index in [-0.39, 0.29) is 12.1 Å². The Hall–Kier alpha value is -2.83. The Balaban J connectivity index is 1.71. The van der Waals surface area contributed by atoms with Crippen molar-refractivity contribution in [3.63, 3.8) is 0 Å². The van der Waals surface area contributed by atoms with Crippen molar-refractivity contribution in [2.75, 3.05) is 62.1 Å². The van der Waals surface area contributed by atoms with Gasteiger partial charge in [0.05, 0.1) is 29.3 Å². The molecule has 0 aliphatic carbocycles. The zero-order valence-corrected chi connectivity index (χ0v) is 18.1. The summed E-state index contributed by atoms with van der Waals surface area (Å²) >= 11 is 1.30. The highest BCUT2D eigenvalue weighted by Crippen LogP contribution is 2.34. The van der Waals surface area contributed by atoms with Gasteiger partial charge in [-0.2, -0.15) is 4.98 Å². The molecule has 2 aliphatic heterocycles. The summed E-state index contributed by atoms with van der Waals surface area (Å²) < 4.78 is 10.9. The van der Waals surface area contributed by atoms with Gasteiger partial charge in [-0.1, -0.05) is 11.3 Å². The van der Waals surface area contributed by atoms with Crippen LogP contribution < -0.4 is 20.9 Å². The lowest BCUT2D eigenvalue weighted by molar-refractivity contribution is 0.0904. The van der Waals surface area contributed by atoms with Gasteiger partial charge in [0.2, 0.25) is 5.95 Å². The van der Waals surface area contributed by atoms with Crippen molar-refractivity contribution in [3.05, 3.63) is 11.8 Å². The minimum Gasteiger partial charge on any atom is -0.381 e. The minimum atomic E-state index is -0.341. The number of anilines is 3. The van der Waals surface area contributed by atoms with Gasteiger partial charge in [0.1, 0.15) is 5.82 Å². The number of carbonyl (C=O) groups excluding carboxylic acids is 1. The van der Waals surface area contributed by atoms with E-state index in [0.29, 0.717) is 67.7 Å². The fraction of sp³-hybridized carbons (Fsp3) is 0.526. The maximum absolute atomic E-state index is 11.6. The Bertz CT molecular complexity index is 925. The molecule has 0 unspecified atom stereocenters. The Kier molecular flexibility index (Phi) is 6.89. The van der Waals surface area contributed by atoms with Crippen molar-refractivity contribution in [3.8, 4) is 10.6 Å². The quantitative estimate of drug-likeness (QED) is 0.493. The number of rotatable bonds is 6. The molecule has 2 amide bonds. The first-order valence-electron chi connectivity index (χ1n) is 10.2. The van der Waals surface area contributed by atoms with E-state index < -0.39 is 0 Å². The van der Waals surface area contributed by atoms with E-state index in [1.807, 2.05) is 0 Å². The lowest BCUT2D eigenvalue weighted by Crippen LogP contribution is -2.38. The van der Waals surface area contributed by atoms with E-state index in [1.54, 1.807) is 13.2 Å². The van der Waals surface area contributed by atoms with Gasteiger partial charge in [0, 0.05) is 51.8 Å². The fourth-order valence-corrected chi connectivity index (χ4v) is 4.25. The van der Waals surface area contributed by atoms with Crippen molar-refractivity contribution in [1.29, 1.82) is 5.41 Å². The number of carbonyl (C=O) groups is 1. The Labute approximate surface area is 184 Å². The van der Waals surface area contributed by atoms with Crippen molar-refractivity contribution >= 4 is 40.5 Å². The van der Waals surface area contributed by atoms with Crippen LogP contribution in [-0.2, 0) is 9.47 Å². The molecule has 11 nitrogen and oxygen atoms in total. The van der Waals surface area contributed by atoms with Gasteiger partial charge in [0.25, 0.3) is 0 Å². The number of urea groups is 1. The van der Waals surface area contributed by atoms with Crippen LogP contribution in [0.15, 0.2) is 6.20 Å². The van der Waals surface area contributed by atoms with E-state index in [1.165, 1.54) is 17.6 Å². The smallest absolute Gasteiger partial charge is 0.320 e. The van der Waals surface area contributed by atoms with Gasteiger partial charge in [-0.3, -0.25) is 5.32 Å². The summed E-state index contributed by atoms with van der Waals surface area (Å²) in [4.78, 5) is 28.3. The number of hydrogen-bond donors (Lipinski definition) is 4. The molecule has 2 saturated heterocycles. The highest BCUT2D eigenvalue weighted by Gasteiger charge is 2.23. The van der Waals surface area contributed by atoms with Crippen LogP contribution >= 0.6 is 11.3 Å². The average molecular weight is 447 g/mol. The summed E-state index contributed by atoms with van der Waals surface area (Å²) in [6.07, 6.45) is 4.69. The molecule has 4 heterocycles. The predicted molar refractivity (Wildman–Crippen MR) is 120 cm³/mol. The minimum absolute atomic E-state index is 0.222. The highest BCUT2D eigenvalue weighted by molar-refractivity contribution is 7.19. The fourth-order valence-electron chi connectivity index (χ4n) is 3.43. The molecule has 2 aromatic heterocycles. The van der Waals surface area contributed by atoms with Gasteiger partial charge in [-0.25, -0.2) is 14.8 Å². The van der Waals surface area contributed by atoms with Crippen LogP contribution in [0.3, 0.4) is 0 Å². The number of aromatic nitrogens is 3. The van der Waals surface area contributed by atoms with E-state index in [2.05, 4.69) is 25.8 Å². The first-order valence-corrected chi connectivity index (χ1v) is 11.0. The highest BCUT2D eigenvalue weighted by atomic mass is 32.1. The monoisotopic (exact) mass is 446 g/mol. The summed E-state index contributed by atoms with van der Waals surface area (Å²) in [5, 5.41) is 17.2. The molecule has 2 aliphatic rings. The molecule has 0 spiro atoms. The lowest BCUT2D eigenvalue weighted by atomic mass is 10.1. The molecular weight excluding hydrogens is 420 g/mol. The zero-order valence-electron chi connectivity index (χ0n) is 17.3. The molecule has 2 fully saturated rings. The van der Waals surface area contributed by atoms with Crippen LogP contribution in [0.2, 0.25) is 0 Å². The third-order valence-corrected chi connectivity index (χ3v) is 6.04. The number of morpholine rings is 1. The largest absolute Gasteiger partial charge is 0.381 e. The van der Waals surface area contributed by atoms with Crippen LogP contribution in [-0.4, -0.2) is 79.8 Å². The van der Waals surface area contributed by atoms with Crippen molar-refractivity contribution in [1.82, 2.24) is 20.3 Å². The molecule has 0 radical (unpaired) electrons. The third-order valence-electron chi connectivity index (χ3n) is 5.12. The molecule has 2 aromatic rings. The Morgan fingerprint density at radius 3 is 2.68 bits per heavy atom. The number of thiazole rings is 1. The average Bonchev–Trinajstić information content (AvgIpc) is 3.28. The van der Waals surface area contributed by atoms with Crippen LogP contribution in [0, 0.1) is 5.41 Å². The van der Waals surface area contributed by atoms with E-state index in [4.69, 9.17) is 24.9 Å².